The van der Waals surface area contributed by atoms with Crippen molar-refractivity contribution in [3.63, 3.8) is 0 Å². The van der Waals surface area contributed by atoms with Crippen LogP contribution >= 0.6 is 0 Å². The van der Waals surface area contributed by atoms with Crippen LogP contribution in [0.1, 0.15) is 31.2 Å². The Balaban J connectivity index is 1.25. The average molecular weight is 385 g/mol. The standard InChI is InChI=1S/C20H27N5O3/c1-13-5-15-10-22-25(20(15)21-9-13)11-19(27)24(2)17-7-16(8-17)23-18(26)6-14-3-4-28-12-14/h5,9-10,14,16-17H,3-4,6-8,11-12H2,1-2H3,(H,23,26). The van der Waals surface area contributed by atoms with Crippen LogP contribution in [0.25, 0.3) is 11.0 Å². The number of nitrogens with zero attached hydrogens (tertiary/aromatic N) is 4. The summed E-state index contributed by atoms with van der Waals surface area (Å²) >= 11 is 0. The van der Waals surface area contributed by atoms with Crippen molar-refractivity contribution < 1.29 is 14.3 Å². The maximum atomic E-state index is 12.7. The molecule has 8 nitrogen and oxygen atoms in total. The van der Waals surface area contributed by atoms with E-state index < -0.39 is 0 Å². The van der Waals surface area contributed by atoms with E-state index in [1.165, 1.54) is 0 Å². The van der Waals surface area contributed by atoms with E-state index in [0.717, 1.165) is 42.5 Å². The molecule has 28 heavy (non-hydrogen) atoms. The second-order valence-corrected chi connectivity index (χ2v) is 8.06. The van der Waals surface area contributed by atoms with E-state index in [9.17, 15) is 9.59 Å². The second kappa shape index (κ2) is 7.87. The molecule has 1 aliphatic heterocycles. The Kier molecular flexibility index (Phi) is 5.30. The van der Waals surface area contributed by atoms with Gasteiger partial charge in [0.2, 0.25) is 11.8 Å². The molecule has 2 aromatic heterocycles. The Morgan fingerprint density at radius 3 is 2.93 bits per heavy atom. The molecule has 1 saturated heterocycles. The number of amides is 2. The highest BCUT2D eigenvalue weighted by Gasteiger charge is 2.35. The van der Waals surface area contributed by atoms with Gasteiger partial charge in [0.15, 0.2) is 5.65 Å². The van der Waals surface area contributed by atoms with Crippen LogP contribution in [0.15, 0.2) is 18.5 Å². The molecule has 1 N–H and O–H groups in total. The number of carbonyl (C=O) groups is 2. The van der Waals surface area contributed by atoms with Gasteiger partial charge in [0.1, 0.15) is 6.54 Å². The van der Waals surface area contributed by atoms with Crippen molar-refractivity contribution in [1.82, 2.24) is 25.0 Å². The van der Waals surface area contributed by atoms with Gasteiger partial charge in [-0.05, 0) is 43.7 Å². The minimum absolute atomic E-state index is 0.00487. The molecule has 1 atom stereocenters. The van der Waals surface area contributed by atoms with Gasteiger partial charge in [-0.2, -0.15) is 5.10 Å². The Morgan fingerprint density at radius 2 is 2.18 bits per heavy atom. The Bertz CT molecular complexity index is 868. The Hall–Kier alpha value is -2.48. The molecule has 0 aromatic carbocycles. The van der Waals surface area contributed by atoms with Gasteiger partial charge in [0.05, 0.1) is 6.20 Å². The van der Waals surface area contributed by atoms with Crippen LogP contribution < -0.4 is 5.32 Å². The maximum Gasteiger partial charge on any atom is 0.244 e. The van der Waals surface area contributed by atoms with Gasteiger partial charge in [-0.1, -0.05) is 0 Å². The van der Waals surface area contributed by atoms with Crippen molar-refractivity contribution >= 4 is 22.8 Å². The highest BCUT2D eigenvalue weighted by Crippen LogP contribution is 2.26. The maximum absolute atomic E-state index is 12.7. The molecule has 0 bridgehead atoms. The van der Waals surface area contributed by atoms with Gasteiger partial charge >= 0.3 is 0 Å². The van der Waals surface area contributed by atoms with Crippen molar-refractivity contribution in [3.05, 3.63) is 24.0 Å². The lowest BCUT2D eigenvalue weighted by Crippen LogP contribution is -2.54. The average Bonchev–Trinajstić information content (AvgIpc) is 3.27. The molecule has 1 unspecified atom stereocenters. The van der Waals surface area contributed by atoms with Crippen molar-refractivity contribution in [2.24, 2.45) is 5.92 Å². The number of carbonyl (C=O) groups excluding carboxylic acids is 2. The van der Waals surface area contributed by atoms with Crippen molar-refractivity contribution in [2.45, 2.75) is 51.2 Å². The fraction of sp³-hybridized carbons (Fsp3) is 0.600. The van der Waals surface area contributed by atoms with Gasteiger partial charge in [0, 0.05) is 50.3 Å². The van der Waals surface area contributed by atoms with Gasteiger partial charge in [0.25, 0.3) is 0 Å². The van der Waals surface area contributed by atoms with E-state index in [-0.39, 0.29) is 30.4 Å². The van der Waals surface area contributed by atoms with Crippen LogP contribution in [0.4, 0.5) is 0 Å². The first-order chi connectivity index (χ1) is 13.5. The van der Waals surface area contributed by atoms with Crippen molar-refractivity contribution in [3.8, 4) is 0 Å². The first-order valence-corrected chi connectivity index (χ1v) is 9.90. The summed E-state index contributed by atoms with van der Waals surface area (Å²) in [5.74, 6) is 0.448. The number of fused-ring (bicyclic) bond motifs is 1. The summed E-state index contributed by atoms with van der Waals surface area (Å²) in [5, 5.41) is 8.33. The van der Waals surface area contributed by atoms with E-state index in [1.807, 2.05) is 20.0 Å². The first kappa shape index (κ1) is 18.9. The number of hydrogen-bond acceptors (Lipinski definition) is 5. The molecule has 1 aliphatic carbocycles. The van der Waals surface area contributed by atoms with Crippen LogP contribution in [0, 0.1) is 12.8 Å². The van der Waals surface area contributed by atoms with Crippen LogP contribution in [0.2, 0.25) is 0 Å². The topological polar surface area (TPSA) is 89.4 Å². The third kappa shape index (κ3) is 4.01. The number of likely N-dealkylation sites (N-methyl/N-ethyl adjacent to an activating group) is 1. The van der Waals surface area contributed by atoms with E-state index in [2.05, 4.69) is 15.4 Å². The zero-order chi connectivity index (χ0) is 19.7. The summed E-state index contributed by atoms with van der Waals surface area (Å²) in [6, 6.07) is 2.33. The molecule has 2 aromatic rings. The SMILES string of the molecule is Cc1cnc2c(cnn2CC(=O)N(C)C2CC(NC(=O)CC3CCOC3)C2)c1. The first-order valence-electron chi connectivity index (χ1n) is 9.90. The molecule has 0 spiro atoms. The number of aryl methyl sites for hydroxylation is 1. The van der Waals surface area contributed by atoms with Crippen LogP contribution in [0.3, 0.4) is 0 Å². The van der Waals surface area contributed by atoms with E-state index in [0.29, 0.717) is 18.9 Å². The molecule has 150 valence electrons. The van der Waals surface area contributed by atoms with E-state index in [1.54, 1.807) is 22.0 Å². The monoisotopic (exact) mass is 385 g/mol. The third-order valence-electron chi connectivity index (χ3n) is 5.82. The molecule has 8 heteroatoms. The molecule has 4 rings (SSSR count). The minimum Gasteiger partial charge on any atom is -0.381 e. The highest BCUT2D eigenvalue weighted by atomic mass is 16.5. The summed E-state index contributed by atoms with van der Waals surface area (Å²) in [7, 11) is 1.82. The minimum atomic E-state index is 0.00487. The van der Waals surface area contributed by atoms with Crippen LogP contribution in [0.5, 0.6) is 0 Å². The predicted octanol–water partition coefficient (Wildman–Crippen LogP) is 1.27. The number of nitrogens with one attached hydrogen (secondary N) is 1. The smallest absolute Gasteiger partial charge is 0.244 e. The zero-order valence-electron chi connectivity index (χ0n) is 16.4. The number of pyridine rings is 1. The third-order valence-corrected chi connectivity index (χ3v) is 5.82. The van der Waals surface area contributed by atoms with Gasteiger partial charge < -0.3 is 15.0 Å². The van der Waals surface area contributed by atoms with E-state index in [4.69, 9.17) is 4.74 Å². The molecular weight excluding hydrogens is 358 g/mol. The van der Waals surface area contributed by atoms with Gasteiger partial charge in [-0.15, -0.1) is 0 Å². The summed E-state index contributed by atoms with van der Waals surface area (Å²) < 4.78 is 6.97. The lowest BCUT2D eigenvalue weighted by atomic mass is 9.85. The molecule has 2 aliphatic rings. The number of hydrogen-bond donors (Lipinski definition) is 1. The zero-order valence-corrected chi connectivity index (χ0v) is 16.4. The van der Waals surface area contributed by atoms with Crippen molar-refractivity contribution in [2.75, 3.05) is 20.3 Å². The van der Waals surface area contributed by atoms with E-state index >= 15 is 0 Å². The lowest BCUT2D eigenvalue weighted by Gasteiger charge is -2.41. The van der Waals surface area contributed by atoms with Crippen LogP contribution in [-0.2, 0) is 20.9 Å². The predicted molar refractivity (Wildman–Crippen MR) is 104 cm³/mol. The van der Waals surface area contributed by atoms with Gasteiger partial charge in [-0.25, -0.2) is 9.67 Å². The molecule has 3 heterocycles. The second-order valence-electron chi connectivity index (χ2n) is 8.06. The Labute approximate surface area is 164 Å². The summed E-state index contributed by atoms with van der Waals surface area (Å²) in [6.07, 6.45) is 6.63. The largest absolute Gasteiger partial charge is 0.381 e. The number of rotatable bonds is 6. The molecular formula is C20H27N5O3. The number of aromatic nitrogens is 3. The van der Waals surface area contributed by atoms with Crippen molar-refractivity contribution in [1.29, 1.82) is 0 Å². The van der Waals surface area contributed by atoms with Gasteiger partial charge in [-0.3, -0.25) is 9.59 Å². The van der Waals surface area contributed by atoms with Crippen LogP contribution in [-0.4, -0.2) is 63.8 Å². The fourth-order valence-corrected chi connectivity index (χ4v) is 3.96. The quantitative estimate of drug-likeness (QED) is 0.809. The highest BCUT2D eigenvalue weighted by molar-refractivity contribution is 5.80. The summed E-state index contributed by atoms with van der Waals surface area (Å²) in [5.41, 5.74) is 1.79. The molecule has 0 radical (unpaired) electrons. The fourth-order valence-electron chi connectivity index (χ4n) is 3.96. The number of ether oxygens (including phenoxy) is 1. The molecule has 2 amide bonds. The molecule has 1 saturated carbocycles. The summed E-state index contributed by atoms with van der Waals surface area (Å²) in [6.45, 7) is 3.60. The Morgan fingerprint density at radius 1 is 1.36 bits per heavy atom. The normalized spacial score (nSPS) is 24.1. The molecule has 2 fully saturated rings. The lowest BCUT2D eigenvalue weighted by molar-refractivity contribution is -0.135. The summed E-state index contributed by atoms with van der Waals surface area (Å²) in [4.78, 5) is 30.9.